The van der Waals surface area contributed by atoms with Crippen LogP contribution in [0.25, 0.3) is 22.3 Å². The van der Waals surface area contributed by atoms with E-state index in [1.54, 1.807) is 0 Å². The molecule has 1 aromatic heterocycles. The maximum absolute atomic E-state index is 14.5. The fourth-order valence-electron chi connectivity index (χ4n) is 2.82. The molecule has 0 bridgehead atoms. The minimum atomic E-state index is -1.95. The van der Waals surface area contributed by atoms with Gasteiger partial charge in [-0.1, -0.05) is 20.8 Å². The van der Waals surface area contributed by atoms with Crippen LogP contribution in [0.2, 0.25) is 0 Å². The Hall–Kier alpha value is -3.69. The van der Waals surface area contributed by atoms with Crippen LogP contribution in [0.15, 0.2) is 33.5 Å². The summed E-state index contributed by atoms with van der Waals surface area (Å²) >= 11 is 0. The summed E-state index contributed by atoms with van der Waals surface area (Å²) in [5.41, 5.74) is -3.99. The van der Waals surface area contributed by atoms with E-state index in [1.807, 2.05) is 0 Å². The van der Waals surface area contributed by atoms with Gasteiger partial charge in [-0.2, -0.15) is 4.39 Å². The van der Waals surface area contributed by atoms with Crippen molar-refractivity contribution in [1.82, 2.24) is 0 Å². The Balaban J connectivity index is 2.23. The van der Waals surface area contributed by atoms with Crippen LogP contribution in [0, 0.1) is 28.7 Å². The summed E-state index contributed by atoms with van der Waals surface area (Å²) in [7, 11) is 0. The summed E-state index contributed by atoms with van der Waals surface area (Å²) in [6, 6.07) is 4.21. The molecule has 1 heterocycles. The van der Waals surface area contributed by atoms with Crippen molar-refractivity contribution in [2.75, 3.05) is 10.6 Å². The van der Waals surface area contributed by atoms with Crippen molar-refractivity contribution in [2.45, 2.75) is 27.7 Å². The van der Waals surface area contributed by atoms with Gasteiger partial charge >= 0.3 is 0 Å². The first-order chi connectivity index (χ1) is 14.8. The monoisotopic (exact) mass is 450 g/mol. The lowest BCUT2D eigenvalue weighted by Crippen LogP contribution is -2.29. The van der Waals surface area contributed by atoms with Crippen molar-refractivity contribution in [1.29, 1.82) is 0 Å². The predicted molar refractivity (Wildman–Crippen MR) is 110 cm³/mol. The second-order valence-corrected chi connectivity index (χ2v) is 8.08. The van der Waals surface area contributed by atoms with Gasteiger partial charge in [-0.25, -0.2) is 13.2 Å². The van der Waals surface area contributed by atoms with E-state index in [4.69, 9.17) is 4.42 Å². The normalized spacial score (nSPS) is 11.5. The van der Waals surface area contributed by atoms with Gasteiger partial charge in [0.25, 0.3) is 0 Å². The first kappa shape index (κ1) is 23.0. The van der Waals surface area contributed by atoms with Crippen molar-refractivity contribution < 1.29 is 31.6 Å². The van der Waals surface area contributed by atoms with Gasteiger partial charge in [-0.05, 0) is 18.2 Å². The lowest BCUT2D eigenvalue weighted by Gasteiger charge is -2.19. The molecule has 0 saturated heterocycles. The van der Waals surface area contributed by atoms with Crippen LogP contribution in [0.1, 0.15) is 27.7 Å². The van der Waals surface area contributed by atoms with E-state index in [-0.39, 0.29) is 17.0 Å². The standard InChI is InChI=1S/C22H18F4N2O4/c1-9(29)27-12-6-5-10(7-11(12)23)14-8-13(30)15-19(28-21(31)22(2,3)4)17(25)16(24)18(26)20(15)32-14/h5-8H,1-4H3,(H,27,29)(H,28,31). The zero-order valence-corrected chi connectivity index (χ0v) is 17.5. The van der Waals surface area contributed by atoms with Crippen LogP contribution in [0.5, 0.6) is 0 Å². The van der Waals surface area contributed by atoms with Crippen molar-refractivity contribution in [3.05, 3.63) is 57.8 Å². The Morgan fingerprint density at radius 2 is 1.59 bits per heavy atom. The molecule has 0 aliphatic carbocycles. The largest absolute Gasteiger partial charge is 0.453 e. The molecule has 0 aliphatic heterocycles. The van der Waals surface area contributed by atoms with Gasteiger partial charge in [-0.15, -0.1) is 0 Å². The Morgan fingerprint density at radius 3 is 2.16 bits per heavy atom. The summed E-state index contributed by atoms with van der Waals surface area (Å²) in [4.78, 5) is 36.1. The fourth-order valence-corrected chi connectivity index (χ4v) is 2.82. The molecule has 3 aromatic rings. The zero-order chi connectivity index (χ0) is 24.0. The SMILES string of the molecule is CC(=O)Nc1ccc(-c2cc(=O)c3c(NC(=O)C(C)(C)C)c(F)c(F)c(F)c3o2)cc1F. The molecule has 2 N–H and O–H groups in total. The summed E-state index contributed by atoms with van der Waals surface area (Å²) in [5, 5.41) is 3.66. The average Bonchev–Trinajstić information content (AvgIpc) is 2.69. The molecule has 2 amide bonds. The lowest BCUT2D eigenvalue weighted by atomic mass is 9.95. The Morgan fingerprint density at radius 1 is 0.938 bits per heavy atom. The second kappa shape index (κ2) is 8.10. The molecule has 10 heteroatoms. The highest BCUT2D eigenvalue weighted by Crippen LogP contribution is 2.34. The number of halogens is 4. The fraction of sp³-hybridized carbons (Fsp3) is 0.227. The molecule has 0 radical (unpaired) electrons. The van der Waals surface area contributed by atoms with Gasteiger partial charge < -0.3 is 15.1 Å². The van der Waals surface area contributed by atoms with Crippen LogP contribution >= 0.6 is 0 Å². The minimum absolute atomic E-state index is 0.0278. The number of hydrogen-bond acceptors (Lipinski definition) is 4. The number of rotatable bonds is 3. The van der Waals surface area contributed by atoms with Gasteiger partial charge in [0.05, 0.1) is 16.8 Å². The summed E-state index contributed by atoms with van der Waals surface area (Å²) in [6.07, 6.45) is 0. The zero-order valence-electron chi connectivity index (χ0n) is 17.5. The molecule has 0 atom stereocenters. The first-order valence-corrected chi connectivity index (χ1v) is 9.34. The van der Waals surface area contributed by atoms with Crippen LogP contribution in [0.4, 0.5) is 28.9 Å². The molecule has 0 unspecified atom stereocenters. The Bertz CT molecular complexity index is 1330. The number of carbonyl (C=O) groups excluding carboxylic acids is 2. The highest BCUT2D eigenvalue weighted by Gasteiger charge is 2.29. The molecular formula is C22H18F4N2O4. The molecule has 0 fully saturated rings. The van der Waals surface area contributed by atoms with Crippen molar-refractivity contribution >= 4 is 34.2 Å². The number of hydrogen-bond donors (Lipinski definition) is 2. The minimum Gasteiger partial charge on any atom is -0.453 e. The van der Waals surface area contributed by atoms with Gasteiger partial charge in [0, 0.05) is 24.0 Å². The number of nitrogens with one attached hydrogen (secondary N) is 2. The Labute approximate surface area is 179 Å². The highest BCUT2D eigenvalue weighted by atomic mass is 19.2. The summed E-state index contributed by atoms with van der Waals surface area (Å²) in [6.45, 7) is 5.69. The maximum atomic E-state index is 14.5. The van der Waals surface area contributed by atoms with Crippen molar-refractivity contribution in [3.8, 4) is 11.3 Å². The van der Waals surface area contributed by atoms with Crippen LogP contribution in [-0.4, -0.2) is 11.8 Å². The number of amides is 2. The smallest absolute Gasteiger partial charge is 0.229 e. The molecule has 3 rings (SSSR count). The molecule has 0 aliphatic rings. The van der Waals surface area contributed by atoms with E-state index < -0.39 is 62.6 Å². The van der Waals surface area contributed by atoms with Crippen LogP contribution in [0.3, 0.4) is 0 Å². The van der Waals surface area contributed by atoms with Gasteiger partial charge in [0.1, 0.15) is 11.6 Å². The van der Waals surface area contributed by atoms with E-state index in [1.165, 1.54) is 39.8 Å². The van der Waals surface area contributed by atoms with Crippen molar-refractivity contribution in [2.24, 2.45) is 5.41 Å². The summed E-state index contributed by atoms with van der Waals surface area (Å²) in [5.74, 6) is -7.95. The van der Waals surface area contributed by atoms with E-state index in [9.17, 15) is 31.9 Å². The highest BCUT2D eigenvalue weighted by molar-refractivity contribution is 6.03. The topological polar surface area (TPSA) is 88.4 Å². The molecule has 32 heavy (non-hydrogen) atoms. The number of fused-ring (bicyclic) bond motifs is 1. The van der Waals surface area contributed by atoms with Gasteiger partial charge in [0.2, 0.25) is 23.4 Å². The molecule has 0 saturated carbocycles. The van der Waals surface area contributed by atoms with Crippen LogP contribution in [-0.2, 0) is 9.59 Å². The van der Waals surface area contributed by atoms with Crippen LogP contribution < -0.4 is 16.1 Å². The number of carbonyl (C=O) groups is 2. The lowest BCUT2D eigenvalue weighted by molar-refractivity contribution is -0.123. The molecule has 6 nitrogen and oxygen atoms in total. The van der Waals surface area contributed by atoms with E-state index in [2.05, 4.69) is 10.6 Å². The molecule has 2 aromatic carbocycles. The number of anilines is 2. The Kier molecular flexibility index (Phi) is 5.82. The van der Waals surface area contributed by atoms with Crippen molar-refractivity contribution in [3.63, 3.8) is 0 Å². The third-order valence-corrected chi connectivity index (χ3v) is 4.49. The molecular weight excluding hydrogens is 432 g/mol. The molecule has 168 valence electrons. The average molecular weight is 450 g/mol. The van der Waals surface area contributed by atoms with E-state index in [0.717, 1.165) is 12.1 Å². The van der Waals surface area contributed by atoms with Gasteiger partial charge in [-0.3, -0.25) is 14.4 Å². The quantitative estimate of drug-likeness (QED) is 0.436. The molecule has 0 spiro atoms. The summed E-state index contributed by atoms with van der Waals surface area (Å²) < 4.78 is 62.7. The second-order valence-electron chi connectivity index (χ2n) is 8.08. The predicted octanol–water partition coefficient (Wildman–Crippen LogP) is 4.96. The van der Waals surface area contributed by atoms with Gasteiger partial charge in [0.15, 0.2) is 16.8 Å². The number of benzene rings is 2. The third-order valence-electron chi connectivity index (χ3n) is 4.49. The maximum Gasteiger partial charge on any atom is 0.229 e. The van der Waals surface area contributed by atoms with E-state index in [0.29, 0.717) is 0 Å². The van der Waals surface area contributed by atoms with E-state index >= 15 is 0 Å². The first-order valence-electron chi connectivity index (χ1n) is 9.34. The third kappa shape index (κ3) is 4.20.